The molecule has 2 aromatic carbocycles. The van der Waals surface area contributed by atoms with Crippen LogP contribution in [0.5, 0.6) is 5.88 Å². The molecule has 0 saturated carbocycles. The Balaban J connectivity index is 2.00. The maximum absolute atomic E-state index is 10.7. The molecule has 0 aliphatic heterocycles. The number of hydrogen-bond acceptors (Lipinski definition) is 4. The van der Waals surface area contributed by atoms with Gasteiger partial charge < -0.3 is 5.11 Å². The molecule has 0 saturated heterocycles. The van der Waals surface area contributed by atoms with Gasteiger partial charge in [-0.2, -0.15) is 5.10 Å². The van der Waals surface area contributed by atoms with Crippen molar-refractivity contribution in [2.75, 3.05) is 0 Å². The highest BCUT2D eigenvalue weighted by Crippen LogP contribution is 2.30. The van der Waals surface area contributed by atoms with Crippen LogP contribution in [-0.2, 0) is 0 Å². The van der Waals surface area contributed by atoms with Crippen molar-refractivity contribution in [1.29, 1.82) is 0 Å². The summed E-state index contributed by atoms with van der Waals surface area (Å²) in [5, 5.41) is 25.8. The Morgan fingerprint density at radius 1 is 1.04 bits per heavy atom. The van der Waals surface area contributed by atoms with Crippen LogP contribution in [0, 0.1) is 10.1 Å². The fraction of sp³-hybridized carbons (Fsp3) is 0. The number of halogens is 2. The second-order valence-electron chi connectivity index (χ2n) is 4.70. The first kappa shape index (κ1) is 15.3. The van der Waals surface area contributed by atoms with Gasteiger partial charge in [0.25, 0.3) is 5.69 Å². The predicted octanol–water partition coefficient (Wildman–Crippen LogP) is 4.46. The molecule has 3 rings (SSSR count). The van der Waals surface area contributed by atoms with E-state index in [1.807, 2.05) is 0 Å². The maximum Gasteiger partial charge on any atom is 0.269 e. The molecular weight excluding hydrogens is 341 g/mol. The number of nitrogens with zero attached hydrogens (tertiary/aromatic N) is 3. The zero-order valence-corrected chi connectivity index (χ0v) is 13.0. The van der Waals surface area contributed by atoms with Crippen molar-refractivity contribution in [3.05, 3.63) is 68.7 Å². The van der Waals surface area contributed by atoms with Crippen molar-refractivity contribution in [2.45, 2.75) is 0 Å². The molecule has 8 heteroatoms. The summed E-state index contributed by atoms with van der Waals surface area (Å²) >= 11 is 11.9. The SMILES string of the molecule is O=[N+]([O-])c1ccc(-n2nc(-c3ccc(Cl)c(Cl)c3)cc2O)cc1. The Kier molecular flexibility index (Phi) is 3.94. The van der Waals surface area contributed by atoms with Gasteiger partial charge in [0.15, 0.2) is 0 Å². The first-order valence-corrected chi connectivity index (χ1v) is 7.20. The third kappa shape index (κ3) is 2.99. The van der Waals surface area contributed by atoms with E-state index in [2.05, 4.69) is 5.10 Å². The number of hydrogen-bond donors (Lipinski definition) is 1. The van der Waals surface area contributed by atoms with Crippen LogP contribution in [0.2, 0.25) is 10.0 Å². The molecule has 1 N–H and O–H groups in total. The quantitative estimate of drug-likeness (QED) is 0.559. The molecule has 1 heterocycles. The van der Waals surface area contributed by atoms with E-state index in [1.165, 1.54) is 35.0 Å². The minimum atomic E-state index is -0.492. The van der Waals surface area contributed by atoms with Gasteiger partial charge in [0.05, 0.1) is 26.3 Å². The summed E-state index contributed by atoms with van der Waals surface area (Å²) in [6.45, 7) is 0. The van der Waals surface area contributed by atoms with Gasteiger partial charge in [0.2, 0.25) is 5.88 Å². The molecule has 0 aliphatic rings. The van der Waals surface area contributed by atoms with E-state index < -0.39 is 4.92 Å². The third-order valence-corrected chi connectivity index (χ3v) is 3.95. The lowest BCUT2D eigenvalue weighted by Gasteiger charge is -2.02. The molecule has 0 unspecified atom stereocenters. The van der Waals surface area contributed by atoms with Crippen LogP contribution < -0.4 is 0 Å². The number of aromatic nitrogens is 2. The molecule has 0 fully saturated rings. The van der Waals surface area contributed by atoms with Crippen LogP contribution in [0.1, 0.15) is 0 Å². The molecule has 6 nitrogen and oxygen atoms in total. The summed E-state index contributed by atoms with van der Waals surface area (Å²) < 4.78 is 1.28. The molecule has 0 radical (unpaired) electrons. The van der Waals surface area contributed by atoms with Crippen LogP contribution in [0.25, 0.3) is 16.9 Å². The smallest absolute Gasteiger partial charge is 0.269 e. The molecule has 3 aromatic rings. The van der Waals surface area contributed by atoms with Crippen LogP contribution in [-0.4, -0.2) is 19.8 Å². The predicted molar refractivity (Wildman–Crippen MR) is 87.3 cm³/mol. The lowest BCUT2D eigenvalue weighted by molar-refractivity contribution is -0.384. The normalized spacial score (nSPS) is 10.7. The number of aromatic hydroxyl groups is 1. The van der Waals surface area contributed by atoms with Crippen molar-refractivity contribution < 1.29 is 10.0 Å². The van der Waals surface area contributed by atoms with Gasteiger partial charge in [-0.25, -0.2) is 4.68 Å². The molecule has 0 aliphatic carbocycles. The van der Waals surface area contributed by atoms with E-state index in [4.69, 9.17) is 23.2 Å². The molecule has 0 bridgehead atoms. The Morgan fingerprint density at radius 2 is 1.74 bits per heavy atom. The van der Waals surface area contributed by atoms with Crippen molar-refractivity contribution in [1.82, 2.24) is 9.78 Å². The zero-order chi connectivity index (χ0) is 16.6. The van der Waals surface area contributed by atoms with E-state index in [1.54, 1.807) is 18.2 Å². The van der Waals surface area contributed by atoms with Gasteiger partial charge in [-0.3, -0.25) is 10.1 Å². The van der Waals surface area contributed by atoms with Crippen LogP contribution in [0.4, 0.5) is 5.69 Å². The van der Waals surface area contributed by atoms with Gasteiger partial charge >= 0.3 is 0 Å². The van der Waals surface area contributed by atoms with Crippen molar-refractivity contribution >= 4 is 28.9 Å². The topological polar surface area (TPSA) is 81.2 Å². The number of rotatable bonds is 3. The summed E-state index contributed by atoms with van der Waals surface area (Å²) in [5.74, 6) is -0.0973. The summed E-state index contributed by atoms with van der Waals surface area (Å²) in [4.78, 5) is 10.2. The minimum absolute atomic E-state index is 0.0369. The van der Waals surface area contributed by atoms with Crippen molar-refractivity contribution in [3.8, 4) is 22.8 Å². The molecular formula is C15H9Cl2N3O3. The Labute approximate surface area is 140 Å². The van der Waals surface area contributed by atoms with Gasteiger partial charge in [0, 0.05) is 23.8 Å². The fourth-order valence-corrected chi connectivity index (χ4v) is 2.37. The van der Waals surface area contributed by atoms with E-state index in [9.17, 15) is 15.2 Å². The van der Waals surface area contributed by atoms with Gasteiger partial charge in [-0.15, -0.1) is 0 Å². The minimum Gasteiger partial charge on any atom is -0.493 e. The number of nitro benzene ring substituents is 1. The van der Waals surface area contributed by atoms with Crippen LogP contribution >= 0.6 is 23.2 Å². The van der Waals surface area contributed by atoms with E-state index in [0.29, 0.717) is 27.0 Å². The summed E-state index contributed by atoms with van der Waals surface area (Å²) in [5.41, 5.74) is 1.65. The summed E-state index contributed by atoms with van der Waals surface area (Å²) in [6.07, 6.45) is 0. The highest BCUT2D eigenvalue weighted by molar-refractivity contribution is 6.42. The Bertz CT molecular complexity index is 891. The molecule has 116 valence electrons. The van der Waals surface area contributed by atoms with E-state index in [0.717, 1.165) is 0 Å². The monoisotopic (exact) mass is 349 g/mol. The highest BCUT2D eigenvalue weighted by Gasteiger charge is 2.13. The molecule has 0 amide bonds. The Morgan fingerprint density at radius 3 is 2.35 bits per heavy atom. The molecule has 1 aromatic heterocycles. The number of non-ortho nitro benzene ring substituents is 1. The average molecular weight is 350 g/mol. The van der Waals surface area contributed by atoms with Crippen molar-refractivity contribution in [3.63, 3.8) is 0 Å². The van der Waals surface area contributed by atoms with E-state index in [-0.39, 0.29) is 11.6 Å². The first-order chi connectivity index (χ1) is 11.0. The molecule has 0 spiro atoms. The highest BCUT2D eigenvalue weighted by atomic mass is 35.5. The van der Waals surface area contributed by atoms with Gasteiger partial charge in [-0.1, -0.05) is 29.3 Å². The lowest BCUT2D eigenvalue weighted by Crippen LogP contribution is -1.96. The Hall–Kier alpha value is -2.57. The second kappa shape index (κ2) is 5.91. The van der Waals surface area contributed by atoms with Gasteiger partial charge in [0.1, 0.15) is 0 Å². The maximum atomic E-state index is 10.7. The first-order valence-electron chi connectivity index (χ1n) is 6.45. The van der Waals surface area contributed by atoms with Crippen LogP contribution in [0.15, 0.2) is 48.5 Å². The number of nitro groups is 1. The average Bonchev–Trinajstić information content (AvgIpc) is 2.92. The second-order valence-corrected chi connectivity index (χ2v) is 5.52. The van der Waals surface area contributed by atoms with E-state index >= 15 is 0 Å². The van der Waals surface area contributed by atoms with Gasteiger partial charge in [-0.05, 0) is 24.3 Å². The standard InChI is InChI=1S/C15H9Cl2N3O3/c16-12-6-1-9(7-13(12)17)14-8-15(21)19(18-14)10-2-4-11(5-3-10)20(22)23/h1-8,21H. The van der Waals surface area contributed by atoms with Crippen molar-refractivity contribution in [2.24, 2.45) is 0 Å². The molecule has 0 atom stereocenters. The van der Waals surface area contributed by atoms with Crippen LogP contribution in [0.3, 0.4) is 0 Å². The summed E-state index contributed by atoms with van der Waals surface area (Å²) in [7, 11) is 0. The fourth-order valence-electron chi connectivity index (χ4n) is 2.07. The largest absolute Gasteiger partial charge is 0.493 e. The number of benzene rings is 2. The zero-order valence-electron chi connectivity index (χ0n) is 11.5. The molecule has 23 heavy (non-hydrogen) atoms. The summed E-state index contributed by atoms with van der Waals surface area (Å²) in [6, 6.07) is 12.2. The lowest BCUT2D eigenvalue weighted by atomic mass is 10.1. The third-order valence-electron chi connectivity index (χ3n) is 3.21.